The molecule has 0 saturated carbocycles. The number of methoxy groups -OCH3 is 1. The van der Waals surface area contributed by atoms with E-state index in [4.69, 9.17) is 5.73 Å². The van der Waals surface area contributed by atoms with E-state index in [0.717, 1.165) is 6.42 Å². The van der Waals surface area contributed by atoms with E-state index in [-0.39, 0.29) is 24.4 Å². The van der Waals surface area contributed by atoms with Crippen molar-refractivity contribution in [1.82, 2.24) is 0 Å². The molecule has 0 spiro atoms. The molecule has 16 heavy (non-hydrogen) atoms. The van der Waals surface area contributed by atoms with Crippen molar-refractivity contribution in [3.63, 3.8) is 0 Å². The predicted octanol–water partition coefficient (Wildman–Crippen LogP) is 1.93. The standard InChI is InChI=1S/C12H17NO2.ClH/c1-15-12(14)8-7-11(13)9-10-5-3-2-4-6-10;/h2-6,11H,7-9,13H2,1H3;1H. The second-order valence-electron chi connectivity index (χ2n) is 3.56. The third-order valence-corrected chi connectivity index (χ3v) is 2.29. The first-order valence-electron chi connectivity index (χ1n) is 5.08. The number of hydrogen-bond acceptors (Lipinski definition) is 3. The predicted molar refractivity (Wildman–Crippen MR) is 66.6 cm³/mol. The normalized spacial score (nSPS) is 11.4. The summed E-state index contributed by atoms with van der Waals surface area (Å²) < 4.78 is 4.56. The minimum absolute atomic E-state index is 0. The van der Waals surface area contributed by atoms with Crippen molar-refractivity contribution < 1.29 is 9.53 Å². The van der Waals surface area contributed by atoms with Gasteiger partial charge < -0.3 is 10.5 Å². The molecule has 1 aromatic rings. The molecule has 0 amide bonds. The van der Waals surface area contributed by atoms with Gasteiger partial charge in [-0.2, -0.15) is 0 Å². The zero-order valence-corrected chi connectivity index (χ0v) is 10.2. The maximum Gasteiger partial charge on any atom is 0.305 e. The van der Waals surface area contributed by atoms with Crippen LogP contribution >= 0.6 is 12.4 Å². The molecule has 1 unspecified atom stereocenters. The number of rotatable bonds is 5. The molecule has 0 fully saturated rings. The van der Waals surface area contributed by atoms with Crippen LogP contribution in [-0.4, -0.2) is 19.1 Å². The van der Waals surface area contributed by atoms with Crippen LogP contribution in [0.3, 0.4) is 0 Å². The molecule has 0 bridgehead atoms. The van der Waals surface area contributed by atoms with Gasteiger partial charge in [0.05, 0.1) is 7.11 Å². The number of benzene rings is 1. The summed E-state index contributed by atoms with van der Waals surface area (Å²) in [5.74, 6) is -0.196. The smallest absolute Gasteiger partial charge is 0.305 e. The summed E-state index contributed by atoms with van der Waals surface area (Å²) in [6, 6.07) is 10.1. The van der Waals surface area contributed by atoms with Crippen molar-refractivity contribution >= 4 is 18.4 Å². The van der Waals surface area contributed by atoms with E-state index in [9.17, 15) is 4.79 Å². The largest absolute Gasteiger partial charge is 0.469 e. The van der Waals surface area contributed by atoms with Crippen LogP contribution in [0.5, 0.6) is 0 Å². The van der Waals surface area contributed by atoms with Crippen LogP contribution in [0.2, 0.25) is 0 Å². The summed E-state index contributed by atoms with van der Waals surface area (Å²) in [6.07, 6.45) is 1.86. The van der Waals surface area contributed by atoms with Gasteiger partial charge in [0.15, 0.2) is 0 Å². The zero-order chi connectivity index (χ0) is 11.1. The quantitative estimate of drug-likeness (QED) is 0.804. The average molecular weight is 244 g/mol. The van der Waals surface area contributed by atoms with E-state index in [1.54, 1.807) is 0 Å². The van der Waals surface area contributed by atoms with Crippen LogP contribution in [0.15, 0.2) is 30.3 Å². The molecular weight excluding hydrogens is 226 g/mol. The van der Waals surface area contributed by atoms with Gasteiger partial charge in [-0.15, -0.1) is 12.4 Å². The Labute approximate surface area is 102 Å². The van der Waals surface area contributed by atoms with Crippen LogP contribution in [0.25, 0.3) is 0 Å². The Bertz CT molecular complexity index is 303. The number of esters is 1. The Morgan fingerprint density at radius 3 is 2.56 bits per heavy atom. The third-order valence-electron chi connectivity index (χ3n) is 2.29. The Kier molecular flexibility index (Phi) is 7.60. The summed E-state index contributed by atoms with van der Waals surface area (Å²) in [5, 5.41) is 0. The first kappa shape index (κ1) is 14.9. The zero-order valence-electron chi connectivity index (χ0n) is 9.39. The number of ether oxygens (including phenoxy) is 1. The van der Waals surface area contributed by atoms with Crippen molar-refractivity contribution in [2.75, 3.05) is 7.11 Å². The molecule has 0 aromatic heterocycles. The molecular formula is C12H18ClNO2. The van der Waals surface area contributed by atoms with Gasteiger partial charge >= 0.3 is 5.97 Å². The fraction of sp³-hybridized carbons (Fsp3) is 0.417. The Morgan fingerprint density at radius 1 is 1.38 bits per heavy atom. The minimum atomic E-state index is -0.196. The van der Waals surface area contributed by atoms with Crippen molar-refractivity contribution in [1.29, 1.82) is 0 Å². The second kappa shape index (κ2) is 8.13. The van der Waals surface area contributed by atoms with E-state index in [0.29, 0.717) is 12.8 Å². The number of halogens is 1. The molecule has 1 rings (SSSR count). The van der Waals surface area contributed by atoms with Gasteiger partial charge in [-0.25, -0.2) is 0 Å². The van der Waals surface area contributed by atoms with Gasteiger partial charge in [-0.05, 0) is 18.4 Å². The molecule has 0 radical (unpaired) electrons. The van der Waals surface area contributed by atoms with E-state index in [1.807, 2.05) is 30.3 Å². The summed E-state index contributed by atoms with van der Waals surface area (Å²) in [4.78, 5) is 10.9. The highest BCUT2D eigenvalue weighted by Crippen LogP contribution is 2.05. The fourth-order valence-electron chi connectivity index (χ4n) is 1.42. The number of carbonyl (C=O) groups excluding carboxylic acids is 1. The lowest BCUT2D eigenvalue weighted by atomic mass is 10.0. The molecule has 0 aliphatic heterocycles. The van der Waals surface area contributed by atoms with Gasteiger partial charge in [0.1, 0.15) is 0 Å². The summed E-state index contributed by atoms with van der Waals surface area (Å²) in [6.45, 7) is 0. The molecule has 3 nitrogen and oxygen atoms in total. The van der Waals surface area contributed by atoms with Crippen molar-refractivity contribution in [2.45, 2.75) is 25.3 Å². The lowest BCUT2D eigenvalue weighted by Crippen LogP contribution is -2.24. The summed E-state index contributed by atoms with van der Waals surface area (Å²) in [5.41, 5.74) is 7.10. The SMILES string of the molecule is COC(=O)CCC(N)Cc1ccccc1.Cl. The van der Waals surface area contributed by atoms with Crippen molar-refractivity contribution in [3.8, 4) is 0 Å². The first-order valence-corrected chi connectivity index (χ1v) is 5.08. The molecule has 0 heterocycles. The third kappa shape index (κ3) is 5.73. The lowest BCUT2D eigenvalue weighted by Gasteiger charge is -2.10. The molecule has 1 aromatic carbocycles. The lowest BCUT2D eigenvalue weighted by molar-refractivity contribution is -0.140. The van der Waals surface area contributed by atoms with E-state index < -0.39 is 0 Å². The highest BCUT2D eigenvalue weighted by molar-refractivity contribution is 5.85. The van der Waals surface area contributed by atoms with Crippen LogP contribution in [0, 0.1) is 0 Å². The monoisotopic (exact) mass is 243 g/mol. The van der Waals surface area contributed by atoms with Crippen molar-refractivity contribution in [2.24, 2.45) is 5.73 Å². The number of carbonyl (C=O) groups is 1. The summed E-state index contributed by atoms with van der Waals surface area (Å²) in [7, 11) is 1.39. The molecule has 1 atom stereocenters. The van der Waals surface area contributed by atoms with Gasteiger partial charge in [0.2, 0.25) is 0 Å². The molecule has 90 valence electrons. The number of nitrogens with two attached hydrogens (primary N) is 1. The minimum Gasteiger partial charge on any atom is -0.469 e. The van der Waals surface area contributed by atoms with Gasteiger partial charge in [0.25, 0.3) is 0 Å². The van der Waals surface area contributed by atoms with Gasteiger partial charge in [-0.1, -0.05) is 30.3 Å². The maximum atomic E-state index is 10.9. The van der Waals surface area contributed by atoms with Crippen LogP contribution in [0.4, 0.5) is 0 Å². The van der Waals surface area contributed by atoms with Crippen LogP contribution in [-0.2, 0) is 16.0 Å². The molecule has 0 aliphatic carbocycles. The Balaban J connectivity index is 0.00000225. The van der Waals surface area contributed by atoms with Gasteiger partial charge in [-0.3, -0.25) is 4.79 Å². The average Bonchev–Trinajstić information content (AvgIpc) is 2.27. The highest BCUT2D eigenvalue weighted by Gasteiger charge is 2.07. The molecule has 0 aliphatic rings. The fourth-order valence-corrected chi connectivity index (χ4v) is 1.42. The topological polar surface area (TPSA) is 52.3 Å². The summed E-state index contributed by atoms with van der Waals surface area (Å²) >= 11 is 0. The highest BCUT2D eigenvalue weighted by atomic mass is 35.5. The van der Waals surface area contributed by atoms with Crippen LogP contribution < -0.4 is 5.73 Å². The Morgan fingerprint density at radius 2 is 2.00 bits per heavy atom. The first-order chi connectivity index (χ1) is 7.22. The number of hydrogen-bond donors (Lipinski definition) is 1. The van der Waals surface area contributed by atoms with Crippen molar-refractivity contribution in [3.05, 3.63) is 35.9 Å². The van der Waals surface area contributed by atoms with E-state index in [2.05, 4.69) is 4.74 Å². The Hall–Kier alpha value is -1.06. The van der Waals surface area contributed by atoms with Crippen LogP contribution in [0.1, 0.15) is 18.4 Å². The molecule has 4 heteroatoms. The van der Waals surface area contributed by atoms with Gasteiger partial charge in [0, 0.05) is 12.5 Å². The molecule has 2 N–H and O–H groups in total. The van der Waals surface area contributed by atoms with E-state index >= 15 is 0 Å². The molecule has 0 saturated heterocycles. The second-order valence-corrected chi connectivity index (χ2v) is 3.56. The maximum absolute atomic E-state index is 10.9. The van der Waals surface area contributed by atoms with E-state index in [1.165, 1.54) is 12.7 Å².